The Morgan fingerprint density at radius 2 is 2.07 bits per heavy atom. The van der Waals surface area contributed by atoms with Gasteiger partial charge in [-0.05, 0) is 11.0 Å². The van der Waals surface area contributed by atoms with Crippen molar-refractivity contribution in [3.63, 3.8) is 0 Å². The van der Waals surface area contributed by atoms with Gasteiger partial charge in [0.2, 0.25) is 0 Å². The second-order valence-electron chi connectivity index (χ2n) is 4.01. The molecule has 75 valence electrons. The van der Waals surface area contributed by atoms with Gasteiger partial charge in [-0.3, -0.25) is 14.9 Å². The van der Waals surface area contributed by atoms with E-state index < -0.39 is 16.2 Å². The molecule has 0 spiro atoms. The van der Waals surface area contributed by atoms with Crippen molar-refractivity contribution in [3.05, 3.63) is 38.3 Å². The Hall–Kier alpha value is -1.65. The van der Waals surface area contributed by atoms with Gasteiger partial charge in [-0.15, -0.1) is 0 Å². The summed E-state index contributed by atoms with van der Waals surface area (Å²) in [6.45, 7) is 5.67. The Morgan fingerprint density at radius 3 is 2.50 bits per heavy atom. The lowest BCUT2D eigenvalue weighted by atomic mass is 9.88. The fourth-order valence-electron chi connectivity index (χ4n) is 0.959. The van der Waals surface area contributed by atoms with Crippen LogP contribution >= 0.6 is 0 Å². The van der Waals surface area contributed by atoms with Gasteiger partial charge in [-0.25, -0.2) is 0 Å². The van der Waals surface area contributed by atoms with E-state index >= 15 is 0 Å². The summed E-state index contributed by atoms with van der Waals surface area (Å²) in [5.74, 6) is 0. The molecule has 1 heterocycles. The summed E-state index contributed by atoms with van der Waals surface area (Å²) in [5, 5.41) is 10.5. The standard InChI is InChI=1S/C9H11N2O3/c1-9(2,3)6-4-7(11(13)14)8(12)10-5-6/h5H,1-3H3,(H,10,12). The monoisotopic (exact) mass is 195 g/mol. The average molecular weight is 195 g/mol. The molecule has 0 aliphatic rings. The minimum Gasteiger partial charge on any atom is -0.323 e. The summed E-state index contributed by atoms with van der Waals surface area (Å²) < 4.78 is 0. The van der Waals surface area contributed by atoms with E-state index in [9.17, 15) is 14.9 Å². The van der Waals surface area contributed by atoms with E-state index in [1.165, 1.54) is 6.20 Å². The first-order chi connectivity index (χ1) is 6.32. The van der Waals surface area contributed by atoms with Gasteiger partial charge in [0.05, 0.1) is 11.0 Å². The molecule has 0 unspecified atom stereocenters. The minimum atomic E-state index is -0.728. The van der Waals surface area contributed by atoms with E-state index in [0.717, 1.165) is 0 Å². The number of nitro groups is 1. The van der Waals surface area contributed by atoms with Crippen molar-refractivity contribution in [2.75, 3.05) is 0 Å². The maximum Gasteiger partial charge on any atom is 0.342 e. The van der Waals surface area contributed by atoms with Gasteiger partial charge in [0.25, 0.3) is 0 Å². The van der Waals surface area contributed by atoms with Crippen LogP contribution in [0.5, 0.6) is 0 Å². The van der Waals surface area contributed by atoms with Crippen LogP contribution < -0.4 is 5.56 Å². The predicted octanol–water partition coefficient (Wildman–Crippen LogP) is 1.38. The van der Waals surface area contributed by atoms with Crippen molar-refractivity contribution in [2.45, 2.75) is 26.2 Å². The summed E-state index contributed by atoms with van der Waals surface area (Å²) in [6.07, 6.45) is 1.45. The first-order valence-electron chi connectivity index (χ1n) is 4.12. The van der Waals surface area contributed by atoms with Crippen LogP contribution in [0.3, 0.4) is 0 Å². The van der Waals surface area contributed by atoms with E-state index in [4.69, 9.17) is 0 Å². The van der Waals surface area contributed by atoms with Gasteiger partial charge < -0.3 is 4.98 Å². The quantitative estimate of drug-likeness (QED) is 0.543. The van der Waals surface area contributed by atoms with E-state index in [0.29, 0.717) is 5.56 Å². The molecule has 0 saturated carbocycles. The highest BCUT2D eigenvalue weighted by Crippen LogP contribution is 2.21. The molecule has 1 N–H and O–H groups in total. The molecule has 14 heavy (non-hydrogen) atoms. The van der Waals surface area contributed by atoms with Crippen molar-refractivity contribution in [2.24, 2.45) is 0 Å². The van der Waals surface area contributed by atoms with E-state index in [-0.39, 0.29) is 5.41 Å². The highest BCUT2D eigenvalue weighted by atomic mass is 16.6. The fraction of sp³-hybridized carbons (Fsp3) is 0.444. The smallest absolute Gasteiger partial charge is 0.323 e. The molecule has 0 aromatic carbocycles. The van der Waals surface area contributed by atoms with Crippen LogP contribution in [0.1, 0.15) is 26.3 Å². The summed E-state index contributed by atoms with van der Waals surface area (Å²) in [6, 6.07) is 2.51. The van der Waals surface area contributed by atoms with Crippen LogP contribution in [0.25, 0.3) is 0 Å². The molecule has 1 aromatic rings. The molecule has 0 fully saturated rings. The van der Waals surface area contributed by atoms with Gasteiger partial charge in [0.1, 0.15) is 0 Å². The van der Waals surface area contributed by atoms with Crippen LogP contribution in [0.2, 0.25) is 0 Å². The van der Waals surface area contributed by atoms with Gasteiger partial charge >= 0.3 is 11.2 Å². The highest BCUT2D eigenvalue weighted by molar-refractivity contribution is 5.31. The van der Waals surface area contributed by atoms with Crippen molar-refractivity contribution in [1.82, 2.24) is 4.98 Å². The SMILES string of the molecule is CC(C)(C)c1[c]c([N+](=O)[O-])c(=O)[nH]c1. The number of aromatic amines is 1. The molecule has 0 bridgehead atoms. The molecule has 0 amide bonds. The van der Waals surface area contributed by atoms with Gasteiger partial charge in [-0.2, -0.15) is 0 Å². The molecule has 0 saturated heterocycles. The number of aromatic nitrogens is 1. The highest BCUT2D eigenvalue weighted by Gasteiger charge is 2.20. The maximum absolute atomic E-state index is 11.0. The number of hydrogen-bond acceptors (Lipinski definition) is 3. The molecule has 5 heteroatoms. The van der Waals surface area contributed by atoms with E-state index in [2.05, 4.69) is 11.1 Å². The topological polar surface area (TPSA) is 76.0 Å². The third-order valence-corrected chi connectivity index (χ3v) is 1.81. The first-order valence-corrected chi connectivity index (χ1v) is 4.12. The lowest BCUT2D eigenvalue weighted by molar-refractivity contribution is -0.386. The summed E-state index contributed by atoms with van der Waals surface area (Å²) in [7, 11) is 0. The molecular weight excluding hydrogens is 184 g/mol. The Labute approximate surface area is 80.9 Å². The summed E-state index contributed by atoms with van der Waals surface area (Å²) in [5.41, 5.74) is -0.904. The minimum absolute atomic E-state index is 0.269. The summed E-state index contributed by atoms with van der Waals surface area (Å²) in [4.78, 5) is 23.1. The van der Waals surface area contributed by atoms with Crippen LogP contribution in [0.4, 0.5) is 5.69 Å². The van der Waals surface area contributed by atoms with Gasteiger partial charge in [0, 0.05) is 6.20 Å². The lowest BCUT2D eigenvalue weighted by Gasteiger charge is -2.17. The lowest BCUT2D eigenvalue weighted by Crippen LogP contribution is -2.18. The van der Waals surface area contributed by atoms with Crippen molar-refractivity contribution in [3.8, 4) is 0 Å². The Kier molecular flexibility index (Phi) is 2.42. The van der Waals surface area contributed by atoms with Crippen LogP contribution in [0.15, 0.2) is 11.0 Å². The summed E-state index contributed by atoms with van der Waals surface area (Å²) >= 11 is 0. The third-order valence-electron chi connectivity index (χ3n) is 1.81. The molecule has 5 nitrogen and oxygen atoms in total. The van der Waals surface area contributed by atoms with E-state index in [1.54, 1.807) is 0 Å². The number of rotatable bonds is 1. The van der Waals surface area contributed by atoms with Crippen molar-refractivity contribution < 1.29 is 4.92 Å². The molecule has 0 aliphatic heterocycles. The molecule has 1 radical (unpaired) electrons. The van der Waals surface area contributed by atoms with Gasteiger partial charge in [-0.1, -0.05) is 20.8 Å². The maximum atomic E-state index is 11.0. The van der Waals surface area contributed by atoms with Crippen LogP contribution in [0, 0.1) is 16.2 Å². The fourth-order valence-corrected chi connectivity index (χ4v) is 0.959. The Morgan fingerprint density at radius 1 is 1.50 bits per heavy atom. The second-order valence-corrected chi connectivity index (χ2v) is 4.01. The molecule has 0 atom stereocenters. The number of nitrogens with zero attached hydrogens (tertiary/aromatic N) is 1. The normalized spacial score (nSPS) is 11.4. The molecule has 1 rings (SSSR count). The zero-order valence-electron chi connectivity index (χ0n) is 8.25. The zero-order valence-corrected chi connectivity index (χ0v) is 8.25. The second kappa shape index (κ2) is 3.25. The zero-order chi connectivity index (χ0) is 10.9. The largest absolute Gasteiger partial charge is 0.342 e. The number of pyridine rings is 1. The molecule has 1 aromatic heterocycles. The number of hydrogen-bond donors (Lipinski definition) is 1. The van der Waals surface area contributed by atoms with Crippen molar-refractivity contribution >= 4 is 5.69 Å². The van der Waals surface area contributed by atoms with Gasteiger partial charge in [0.15, 0.2) is 0 Å². The first kappa shape index (κ1) is 10.4. The third kappa shape index (κ3) is 1.99. The average Bonchev–Trinajstić information content (AvgIpc) is 2.02. The number of nitrogens with one attached hydrogen (secondary N) is 1. The number of H-pyrrole nitrogens is 1. The predicted molar refractivity (Wildman–Crippen MR) is 51.3 cm³/mol. The molecular formula is C9H11N2O3. The Bertz CT molecular complexity index is 415. The van der Waals surface area contributed by atoms with Crippen LogP contribution in [-0.4, -0.2) is 9.91 Å². The molecule has 0 aliphatic carbocycles. The van der Waals surface area contributed by atoms with E-state index in [1.807, 2.05) is 20.8 Å². The Balaban J connectivity index is 3.34. The van der Waals surface area contributed by atoms with Crippen molar-refractivity contribution in [1.29, 1.82) is 0 Å². The van der Waals surface area contributed by atoms with Crippen LogP contribution in [-0.2, 0) is 5.41 Å².